The van der Waals surface area contributed by atoms with E-state index < -0.39 is 0 Å². The fourth-order valence-electron chi connectivity index (χ4n) is 11.3. The van der Waals surface area contributed by atoms with E-state index in [0.29, 0.717) is 0 Å². The summed E-state index contributed by atoms with van der Waals surface area (Å²) in [5.41, 5.74) is 18.7. The van der Waals surface area contributed by atoms with Crippen LogP contribution in [0.2, 0.25) is 0 Å². The molecule has 5 heteroatoms. The number of benzene rings is 7. The molecule has 1 N–H and O–H groups in total. The zero-order valence-electron chi connectivity index (χ0n) is 32.8. The average molecular weight is 747 g/mol. The highest BCUT2D eigenvalue weighted by molar-refractivity contribution is 7.00. The van der Waals surface area contributed by atoms with E-state index in [9.17, 15) is 0 Å². The number of fused-ring (bicyclic) bond motifs is 9. The molecule has 3 unspecified atom stereocenters. The van der Waals surface area contributed by atoms with Gasteiger partial charge in [0.2, 0.25) is 0 Å². The SMILES string of the molecule is CC12CCc3ccccc3C1(C)N(c1cc3c4c(c1)N(c1ccccc1)c1ccccc1B4c1ccccc1N3c1ccccc1)c1ccc(C3C=CC=CN3)cc12. The van der Waals surface area contributed by atoms with E-state index in [1.165, 1.54) is 72.8 Å². The van der Waals surface area contributed by atoms with E-state index in [1.54, 1.807) is 0 Å². The number of dihydropyridines is 1. The fraction of sp³-hybridized carbons (Fsp3) is 0.132. The summed E-state index contributed by atoms with van der Waals surface area (Å²) in [6.07, 6.45) is 10.7. The van der Waals surface area contributed by atoms with Gasteiger partial charge in [0.1, 0.15) is 0 Å². The van der Waals surface area contributed by atoms with Crippen LogP contribution in [0.25, 0.3) is 0 Å². The van der Waals surface area contributed by atoms with Gasteiger partial charge in [-0.05, 0) is 125 Å². The molecule has 0 amide bonds. The summed E-state index contributed by atoms with van der Waals surface area (Å²) in [7, 11) is 0. The number of para-hydroxylation sites is 4. The van der Waals surface area contributed by atoms with Crippen molar-refractivity contribution in [3.05, 3.63) is 210 Å². The molecule has 0 saturated carbocycles. The molecule has 278 valence electrons. The number of aryl methyl sites for hydroxylation is 1. The summed E-state index contributed by atoms with van der Waals surface area (Å²) in [5.74, 6) is 0. The molecule has 7 aromatic carbocycles. The van der Waals surface area contributed by atoms with Gasteiger partial charge in [0.25, 0.3) is 6.71 Å². The maximum atomic E-state index is 3.60. The Morgan fingerprint density at radius 3 is 1.79 bits per heavy atom. The van der Waals surface area contributed by atoms with Crippen LogP contribution in [-0.2, 0) is 17.4 Å². The first-order chi connectivity index (χ1) is 28.5. The summed E-state index contributed by atoms with van der Waals surface area (Å²) in [6.45, 7) is 5.13. The van der Waals surface area contributed by atoms with Crippen LogP contribution >= 0.6 is 0 Å². The van der Waals surface area contributed by atoms with Crippen LogP contribution < -0.4 is 36.4 Å². The second kappa shape index (κ2) is 12.4. The minimum absolute atomic E-state index is 0.0705. The van der Waals surface area contributed by atoms with Crippen LogP contribution in [0.1, 0.15) is 48.6 Å². The molecule has 5 aliphatic rings. The van der Waals surface area contributed by atoms with Gasteiger partial charge in [0.05, 0.1) is 11.6 Å². The van der Waals surface area contributed by atoms with E-state index in [2.05, 4.69) is 222 Å². The Balaban J connectivity index is 1.18. The third kappa shape index (κ3) is 4.47. The third-order valence-corrected chi connectivity index (χ3v) is 14.1. The number of rotatable bonds is 4. The molecule has 0 fully saturated rings. The second-order valence-electron chi connectivity index (χ2n) is 16.9. The molecule has 0 bridgehead atoms. The van der Waals surface area contributed by atoms with Gasteiger partial charge in [-0.2, -0.15) is 0 Å². The normalized spacial score (nSPS) is 21.7. The van der Waals surface area contributed by atoms with Crippen molar-refractivity contribution < 1.29 is 0 Å². The van der Waals surface area contributed by atoms with Gasteiger partial charge < -0.3 is 20.0 Å². The van der Waals surface area contributed by atoms with Gasteiger partial charge in [0.15, 0.2) is 0 Å². The third-order valence-electron chi connectivity index (χ3n) is 14.1. The Labute approximate surface area is 341 Å². The molecule has 3 atom stereocenters. The highest BCUT2D eigenvalue weighted by atomic mass is 15.3. The van der Waals surface area contributed by atoms with Crippen LogP contribution in [0.3, 0.4) is 0 Å². The van der Waals surface area contributed by atoms with E-state index in [4.69, 9.17) is 0 Å². The van der Waals surface area contributed by atoms with Gasteiger partial charge in [-0.1, -0.05) is 128 Å². The lowest BCUT2D eigenvalue weighted by Crippen LogP contribution is -2.61. The Morgan fingerprint density at radius 2 is 1.16 bits per heavy atom. The number of hydrogen-bond donors (Lipinski definition) is 1. The quantitative estimate of drug-likeness (QED) is 0.181. The van der Waals surface area contributed by atoms with Gasteiger partial charge in [-0.25, -0.2) is 0 Å². The molecule has 1 aliphatic carbocycles. The lowest BCUT2D eigenvalue weighted by Gasteiger charge is -2.52. The van der Waals surface area contributed by atoms with Crippen LogP contribution in [-0.4, -0.2) is 6.71 Å². The Morgan fingerprint density at radius 1 is 0.552 bits per heavy atom. The zero-order valence-corrected chi connectivity index (χ0v) is 32.8. The molecular formula is C53H43BN4. The summed E-state index contributed by atoms with van der Waals surface area (Å²) >= 11 is 0. The van der Waals surface area contributed by atoms with Crippen molar-refractivity contribution >= 4 is 68.6 Å². The van der Waals surface area contributed by atoms with E-state index in [-0.39, 0.29) is 23.7 Å². The first-order valence-electron chi connectivity index (χ1n) is 20.7. The molecule has 12 rings (SSSR count). The lowest BCUT2D eigenvalue weighted by molar-refractivity contribution is 0.245. The molecule has 4 nitrogen and oxygen atoms in total. The minimum Gasteiger partial charge on any atom is -0.381 e. The summed E-state index contributed by atoms with van der Waals surface area (Å²) in [6, 6.07) is 61.7. The Bertz CT molecular complexity index is 2740. The summed E-state index contributed by atoms with van der Waals surface area (Å²) in [4.78, 5) is 7.78. The molecule has 58 heavy (non-hydrogen) atoms. The lowest BCUT2D eigenvalue weighted by atomic mass is 9.33. The number of nitrogens with one attached hydrogen (secondary N) is 1. The zero-order chi connectivity index (χ0) is 38.6. The minimum atomic E-state index is -0.368. The predicted octanol–water partition coefficient (Wildman–Crippen LogP) is 10.8. The molecule has 4 aliphatic heterocycles. The van der Waals surface area contributed by atoms with Crippen LogP contribution in [0.5, 0.6) is 0 Å². The molecule has 7 aromatic rings. The molecule has 0 spiro atoms. The number of anilines is 8. The Kier molecular flexibility index (Phi) is 7.14. The van der Waals surface area contributed by atoms with Crippen molar-refractivity contribution in [2.24, 2.45) is 0 Å². The molecule has 0 radical (unpaired) electrons. The van der Waals surface area contributed by atoms with Crippen molar-refractivity contribution in [3.8, 4) is 0 Å². The monoisotopic (exact) mass is 746 g/mol. The van der Waals surface area contributed by atoms with Gasteiger partial charge in [-0.3, -0.25) is 0 Å². The van der Waals surface area contributed by atoms with E-state index in [0.717, 1.165) is 24.2 Å². The van der Waals surface area contributed by atoms with Crippen molar-refractivity contribution in [2.45, 2.75) is 43.7 Å². The Hall–Kier alpha value is -6.72. The molecule has 0 aromatic heterocycles. The molecular weight excluding hydrogens is 703 g/mol. The van der Waals surface area contributed by atoms with Crippen LogP contribution in [0.15, 0.2) is 188 Å². The summed E-state index contributed by atoms with van der Waals surface area (Å²) in [5, 5.41) is 3.60. The standard InChI is InChI=1S/C53H43BN4/c1-52-31-30-36-17-9-10-22-41(36)53(52,2)58(46-29-28-37(33-42(46)52)45-25-15-16-32-55-45)40-34-49-51-50(35-40)57(39-20-7-4-8-21-39)48-27-14-12-24-44(48)54(51)43-23-11-13-26-47(43)56(49)38-18-5-3-6-19-38/h3-29,32-35,45,55H,30-31H2,1-2H3. The van der Waals surface area contributed by atoms with Crippen LogP contribution in [0.4, 0.5) is 45.5 Å². The molecule has 0 saturated heterocycles. The van der Waals surface area contributed by atoms with Crippen molar-refractivity contribution in [2.75, 3.05) is 14.7 Å². The van der Waals surface area contributed by atoms with Gasteiger partial charge in [-0.15, -0.1) is 0 Å². The maximum absolute atomic E-state index is 3.60. The highest BCUT2D eigenvalue weighted by Crippen LogP contribution is 2.64. The second-order valence-corrected chi connectivity index (χ2v) is 16.9. The summed E-state index contributed by atoms with van der Waals surface area (Å²) < 4.78 is 0. The maximum Gasteiger partial charge on any atom is 0.252 e. The average Bonchev–Trinajstić information content (AvgIpc) is 3.50. The predicted molar refractivity (Wildman–Crippen MR) is 243 cm³/mol. The van der Waals surface area contributed by atoms with Crippen LogP contribution in [0, 0.1) is 0 Å². The first kappa shape index (κ1) is 33.4. The fourth-order valence-corrected chi connectivity index (χ4v) is 11.3. The number of hydrogen-bond acceptors (Lipinski definition) is 4. The topological polar surface area (TPSA) is 21.8 Å². The van der Waals surface area contributed by atoms with Gasteiger partial charge in [0, 0.05) is 50.9 Å². The van der Waals surface area contributed by atoms with E-state index >= 15 is 0 Å². The largest absolute Gasteiger partial charge is 0.381 e. The molecule has 4 heterocycles. The van der Waals surface area contributed by atoms with Gasteiger partial charge >= 0.3 is 0 Å². The number of allylic oxidation sites excluding steroid dienone is 2. The highest BCUT2D eigenvalue weighted by Gasteiger charge is 2.60. The van der Waals surface area contributed by atoms with Crippen molar-refractivity contribution in [1.82, 2.24) is 5.32 Å². The first-order valence-corrected chi connectivity index (χ1v) is 20.7. The number of nitrogens with zero attached hydrogens (tertiary/aromatic N) is 3. The van der Waals surface area contributed by atoms with E-state index in [1.807, 2.05) is 0 Å². The van der Waals surface area contributed by atoms with Crippen molar-refractivity contribution in [1.29, 1.82) is 0 Å². The smallest absolute Gasteiger partial charge is 0.252 e. The van der Waals surface area contributed by atoms with Crippen molar-refractivity contribution in [3.63, 3.8) is 0 Å².